The van der Waals surface area contributed by atoms with Crippen LogP contribution >= 0.6 is 0 Å². The molecule has 2 aromatic rings. The standard InChI is InChI=1S/C20H21NO3/c1-13-4-3-5-14(2)18(13)21-19(22)15-6-7-16-17(10-15)24-12-20(8-9-20)11-23-16/h3-7,10H,8-9,11-12H2,1-2H3,(H,21,22). The number of hydrogen-bond acceptors (Lipinski definition) is 3. The number of aryl methyl sites for hydroxylation is 2. The Morgan fingerprint density at radius 1 is 1.00 bits per heavy atom. The Labute approximate surface area is 141 Å². The number of hydrogen-bond donors (Lipinski definition) is 1. The van der Waals surface area contributed by atoms with Crippen LogP contribution in [0.3, 0.4) is 0 Å². The van der Waals surface area contributed by atoms with E-state index in [4.69, 9.17) is 9.47 Å². The number of para-hydroxylation sites is 1. The van der Waals surface area contributed by atoms with Crippen molar-refractivity contribution in [2.75, 3.05) is 18.5 Å². The number of amides is 1. The molecule has 0 aromatic heterocycles. The smallest absolute Gasteiger partial charge is 0.255 e. The topological polar surface area (TPSA) is 47.6 Å². The van der Waals surface area contributed by atoms with Gasteiger partial charge in [0.25, 0.3) is 5.91 Å². The predicted octanol–water partition coefficient (Wildman–Crippen LogP) is 4.11. The molecule has 0 saturated heterocycles. The van der Waals surface area contributed by atoms with Crippen molar-refractivity contribution in [2.24, 2.45) is 5.41 Å². The van der Waals surface area contributed by atoms with Crippen molar-refractivity contribution in [3.05, 3.63) is 53.1 Å². The zero-order valence-corrected chi connectivity index (χ0v) is 14.0. The summed E-state index contributed by atoms with van der Waals surface area (Å²) in [5.41, 5.74) is 3.74. The molecule has 1 aliphatic carbocycles. The minimum atomic E-state index is -0.135. The minimum Gasteiger partial charge on any atom is -0.489 e. The third-order valence-corrected chi connectivity index (χ3v) is 4.95. The Hall–Kier alpha value is -2.49. The van der Waals surface area contributed by atoms with Crippen LogP contribution in [0.2, 0.25) is 0 Å². The maximum atomic E-state index is 12.6. The molecule has 0 atom stereocenters. The van der Waals surface area contributed by atoms with Crippen molar-refractivity contribution in [2.45, 2.75) is 26.7 Å². The summed E-state index contributed by atoms with van der Waals surface area (Å²) in [6, 6.07) is 11.4. The van der Waals surface area contributed by atoms with Gasteiger partial charge < -0.3 is 14.8 Å². The molecule has 1 spiro atoms. The summed E-state index contributed by atoms with van der Waals surface area (Å²) in [6.07, 6.45) is 2.31. The molecule has 0 unspecified atom stereocenters. The highest BCUT2D eigenvalue weighted by molar-refractivity contribution is 6.05. The Morgan fingerprint density at radius 3 is 2.33 bits per heavy atom. The Balaban J connectivity index is 1.56. The van der Waals surface area contributed by atoms with E-state index in [0.29, 0.717) is 24.5 Å². The number of ether oxygens (including phenoxy) is 2. The van der Waals surface area contributed by atoms with Gasteiger partial charge in [-0.25, -0.2) is 0 Å². The van der Waals surface area contributed by atoms with Crippen LogP contribution in [0.4, 0.5) is 5.69 Å². The molecular formula is C20H21NO3. The van der Waals surface area contributed by atoms with E-state index in [1.54, 1.807) is 12.1 Å². The summed E-state index contributed by atoms with van der Waals surface area (Å²) in [7, 11) is 0. The molecule has 24 heavy (non-hydrogen) atoms. The first kappa shape index (κ1) is 15.1. The van der Waals surface area contributed by atoms with Gasteiger partial charge in [0.1, 0.15) is 0 Å². The fourth-order valence-corrected chi connectivity index (χ4v) is 3.05. The minimum absolute atomic E-state index is 0.135. The molecular weight excluding hydrogens is 302 g/mol. The van der Waals surface area contributed by atoms with Gasteiger partial charge in [-0.15, -0.1) is 0 Å². The quantitative estimate of drug-likeness (QED) is 0.905. The van der Waals surface area contributed by atoms with Crippen LogP contribution in [0.25, 0.3) is 0 Å². The van der Waals surface area contributed by atoms with Crippen LogP contribution in [-0.2, 0) is 0 Å². The van der Waals surface area contributed by atoms with Gasteiger partial charge >= 0.3 is 0 Å². The molecule has 1 aliphatic heterocycles. The molecule has 1 heterocycles. The van der Waals surface area contributed by atoms with Crippen LogP contribution in [-0.4, -0.2) is 19.1 Å². The van der Waals surface area contributed by atoms with E-state index >= 15 is 0 Å². The highest BCUT2D eigenvalue weighted by Crippen LogP contribution is 2.49. The van der Waals surface area contributed by atoms with E-state index in [-0.39, 0.29) is 11.3 Å². The van der Waals surface area contributed by atoms with E-state index in [1.165, 1.54) is 0 Å². The lowest BCUT2D eigenvalue weighted by molar-refractivity contribution is 0.102. The van der Waals surface area contributed by atoms with Crippen molar-refractivity contribution >= 4 is 11.6 Å². The van der Waals surface area contributed by atoms with Crippen molar-refractivity contribution in [1.82, 2.24) is 0 Å². The number of benzene rings is 2. The summed E-state index contributed by atoms with van der Waals surface area (Å²) in [5, 5.41) is 3.01. The van der Waals surface area contributed by atoms with Gasteiger partial charge in [0.15, 0.2) is 11.5 Å². The van der Waals surface area contributed by atoms with Crippen LogP contribution < -0.4 is 14.8 Å². The van der Waals surface area contributed by atoms with E-state index in [0.717, 1.165) is 35.4 Å². The fourth-order valence-electron chi connectivity index (χ4n) is 3.05. The van der Waals surface area contributed by atoms with E-state index in [9.17, 15) is 4.79 Å². The molecule has 4 heteroatoms. The maximum absolute atomic E-state index is 12.6. The SMILES string of the molecule is Cc1cccc(C)c1NC(=O)c1ccc2c(c1)OCC1(CC1)CO2. The average molecular weight is 323 g/mol. The molecule has 0 radical (unpaired) electrons. The first-order valence-electron chi connectivity index (χ1n) is 8.34. The largest absolute Gasteiger partial charge is 0.489 e. The second kappa shape index (κ2) is 5.55. The fraction of sp³-hybridized carbons (Fsp3) is 0.350. The van der Waals surface area contributed by atoms with Gasteiger partial charge in [0, 0.05) is 16.7 Å². The molecule has 1 amide bonds. The van der Waals surface area contributed by atoms with Crippen molar-refractivity contribution < 1.29 is 14.3 Å². The summed E-state index contributed by atoms with van der Waals surface area (Å²) in [6.45, 7) is 5.35. The highest BCUT2D eigenvalue weighted by atomic mass is 16.5. The Kier molecular flexibility index (Phi) is 3.48. The lowest BCUT2D eigenvalue weighted by Gasteiger charge is -2.13. The second-order valence-corrected chi connectivity index (χ2v) is 6.96. The number of rotatable bonds is 2. The zero-order chi connectivity index (χ0) is 16.7. The molecule has 1 saturated carbocycles. The number of carbonyl (C=O) groups is 1. The summed E-state index contributed by atoms with van der Waals surface area (Å²) in [5.74, 6) is 1.25. The van der Waals surface area contributed by atoms with Gasteiger partial charge in [-0.2, -0.15) is 0 Å². The molecule has 1 N–H and O–H groups in total. The number of carbonyl (C=O) groups excluding carboxylic acids is 1. The van der Waals surface area contributed by atoms with Gasteiger partial charge in [0.2, 0.25) is 0 Å². The molecule has 4 rings (SSSR count). The molecule has 124 valence electrons. The van der Waals surface area contributed by atoms with E-state index < -0.39 is 0 Å². The normalized spacial score (nSPS) is 17.2. The van der Waals surface area contributed by atoms with Gasteiger partial charge in [0.05, 0.1) is 13.2 Å². The Bertz CT molecular complexity index is 788. The Morgan fingerprint density at radius 2 is 1.67 bits per heavy atom. The highest BCUT2D eigenvalue weighted by Gasteiger charge is 2.46. The molecule has 4 nitrogen and oxygen atoms in total. The van der Waals surface area contributed by atoms with Gasteiger partial charge in [-0.1, -0.05) is 18.2 Å². The van der Waals surface area contributed by atoms with Crippen LogP contribution in [0.1, 0.15) is 34.3 Å². The predicted molar refractivity (Wildman–Crippen MR) is 93.0 cm³/mol. The molecule has 2 aliphatic rings. The first-order chi connectivity index (χ1) is 11.6. The zero-order valence-electron chi connectivity index (χ0n) is 14.0. The molecule has 2 aromatic carbocycles. The second-order valence-electron chi connectivity index (χ2n) is 6.96. The number of nitrogens with one attached hydrogen (secondary N) is 1. The van der Waals surface area contributed by atoms with Gasteiger partial charge in [-0.05, 0) is 56.0 Å². The third kappa shape index (κ3) is 2.73. The third-order valence-electron chi connectivity index (χ3n) is 4.95. The van der Waals surface area contributed by atoms with Crippen LogP contribution in [0.5, 0.6) is 11.5 Å². The number of fused-ring (bicyclic) bond motifs is 1. The van der Waals surface area contributed by atoms with Crippen molar-refractivity contribution in [3.8, 4) is 11.5 Å². The average Bonchev–Trinajstić information content (AvgIpc) is 3.37. The van der Waals surface area contributed by atoms with E-state index in [1.807, 2.05) is 38.1 Å². The first-order valence-corrected chi connectivity index (χ1v) is 8.34. The van der Waals surface area contributed by atoms with Crippen molar-refractivity contribution in [3.63, 3.8) is 0 Å². The van der Waals surface area contributed by atoms with Crippen molar-refractivity contribution in [1.29, 1.82) is 0 Å². The van der Waals surface area contributed by atoms with Gasteiger partial charge in [-0.3, -0.25) is 4.79 Å². The molecule has 0 bridgehead atoms. The lowest BCUT2D eigenvalue weighted by atomic mass is 10.1. The van der Waals surface area contributed by atoms with Crippen LogP contribution in [0, 0.1) is 19.3 Å². The summed E-state index contributed by atoms with van der Waals surface area (Å²) >= 11 is 0. The van der Waals surface area contributed by atoms with E-state index in [2.05, 4.69) is 5.32 Å². The maximum Gasteiger partial charge on any atom is 0.255 e. The summed E-state index contributed by atoms with van der Waals surface area (Å²) < 4.78 is 11.8. The summed E-state index contributed by atoms with van der Waals surface area (Å²) in [4.78, 5) is 12.6. The monoisotopic (exact) mass is 323 g/mol. The lowest BCUT2D eigenvalue weighted by Crippen LogP contribution is -2.17. The molecule has 1 fully saturated rings. The van der Waals surface area contributed by atoms with Crippen LogP contribution in [0.15, 0.2) is 36.4 Å². The number of anilines is 1.